The number of nitrogens with one attached hydrogen (secondary N) is 1. The zero-order chi connectivity index (χ0) is 15.3. The highest BCUT2D eigenvalue weighted by Gasteiger charge is 2.18. The summed E-state index contributed by atoms with van der Waals surface area (Å²) in [6, 6.07) is 9.65. The van der Waals surface area contributed by atoms with Gasteiger partial charge < -0.3 is 10.2 Å². The number of hydrogen-bond donors (Lipinski definition) is 1. The van der Waals surface area contributed by atoms with E-state index in [9.17, 15) is 0 Å². The molecular weight excluding hydrogens is 256 g/mol. The van der Waals surface area contributed by atoms with Crippen molar-refractivity contribution < 1.29 is 0 Å². The second-order valence-corrected chi connectivity index (χ2v) is 7.47. The van der Waals surface area contributed by atoms with Crippen LogP contribution in [-0.4, -0.2) is 36.1 Å². The number of rotatable bonds is 5. The summed E-state index contributed by atoms with van der Waals surface area (Å²) in [6.07, 6.45) is 4.98. The fourth-order valence-corrected chi connectivity index (χ4v) is 3.17. The monoisotopic (exact) mass is 288 g/mol. The Hall–Kier alpha value is -0.860. The minimum absolute atomic E-state index is 0.244. The van der Waals surface area contributed by atoms with Gasteiger partial charge in [0, 0.05) is 24.7 Å². The summed E-state index contributed by atoms with van der Waals surface area (Å²) in [5.74, 6) is 0. The van der Waals surface area contributed by atoms with E-state index in [4.69, 9.17) is 0 Å². The first-order valence-corrected chi connectivity index (χ1v) is 8.51. The molecule has 0 aliphatic carbocycles. The lowest BCUT2D eigenvalue weighted by Crippen LogP contribution is -2.38. The van der Waals surface area contributed by atoms with E-state index in [-0.39, 0.29) is 5.54 Å². The Balaban J connectivity index is 1.76. The van der Waals surface area contributed by atoms with Crippen LogP contribution in [0.3, 0.4) is 0 Å². The molecule has 21 heavy (non-hydrogen) atoms. The molecule has 0 bridgehead atoms. The van der Waals surface area contributed by atoms with Crippen LogP contribution in [0, 0.1) is 0 Å². The van der Waals surface area contributed by atoms with E-state index in [1.54, 1.807) is 11.1 Å². The maximum absolute atomic E-state index is 3.59. The van der Waals surface area contributed by atoms with Crippen LogP contribution >= 0.6 is 0 Å². The van der Waals surface area contributed by atoms with E-state index in [2.05, 4.69) is 62.2 Å². The SMILES string of the molecule is CC(CCCNC(C)(C)C)N1CCc2ccccc2CC1. The van der Waals surface area contributed by atoms with Gasteiger partial charge in [0.2, 0.25) is 0 Å². The normalized spacial score (nSPS) is 18.1. The van der Waals surface area contributed by atoms with Crippen LogP contribution in [0.2, 0.25) is 0 Å². The van der Waals surface area contributed by atoms with Gasteiger partial charge in [-0.05, 0) is 71.0 Å². The van der Waals surface area contributed by atoms with Gasteiger partial charge in [-0.25, -0.2) is 0 Å². The molecule has 1 aromatic rings. The molecular formula is C19H32N2. The van der Waals surface area contributed by atoms with Crippen molar-refractivity contribution in [1.29, 1.82) is 0 Å². The maximum Gasteiger partial charge on any atom is 0.00965 e. The molecule has 0 fully saturated rings. The zero-order valence-electron chi connectivity index (χ0n) is 14.3. The molecule has 2 nitrogen and oxygen atoms in total. The number of benzene rings is 1. The first-order valence-electron chi connectivity index (χ1n) is 8.51. The second-order valence-electron chi connectivity index (χ2n) is 7.47. The summed E-state index contributed by atoms with van der Waals surface area (Å²) in [4.78, 5) is 2.68. The van der Waals surface area contributed by atoms with Gasteiger partial charge in [0.05, 0.1) is 0 Å². The van der Waals surface area contributed by atoms with Gasteiger partial charge in [-0.1, -0.05) is 24.3 Å². The predicted octanol–water partition coefficient (Wildman–Crippen LogP) is 3.64. The van der Waals surface area contributed by atoms with Gasteiger partial charge >= 0.3 is 0 Å². The van der Waals surface area contributed by atoms with Crippen molar-refractivity contribution in [1.82, 2.24) is 10.2 Å². The highest BCUT2D eigenvalue weighted by atomic mass is 15.1. The van der Waals surface area contributed by atoms with Gasteiger partial charge in [0.15, 0.2) is 0 Å². The van der Waals surface area contributed by atoms with Crippen LogP contribution < -0.4 is 5.32 Å². The number of nitrogens with zero attached hydrogens (tertiary/aromatic N) is 1. The first kappa shape index (κ1) is 16.5. The summed E-state index contributed by atoms with van der Waals surface area (Å²) in [6.45, 7) is 12.7. The third-order valence-corrected chi connectivity index (χ3v) is 4.53. The molecule has 2 rings (SSSR count). The van der Waals surface area contributed by atoms with Crippen molar-refractivity contribution in [2.75, 3.05) is 19.6 Å². The smallest absolute Gasteiger partial charge is 0.00965 e. The molecule has 1 unspecified atom stereocenters. The molecule has 118 valence electrons. The van der Waals surface area contributed by atoms with Crippen LogP contribution in [-0.2, 0) is 12.8 Å². The van der Waals surface area contributed by atoms with Crippen molar-refractivity contribution in [3.63, 3.8) is 0 Å². The number of fused-ring (bicyclic) bond motifs is 1. The molecule has 1 aliphatic rings. The quantitative estimate of drug-likeness (QED) is 0.832. The van der Waals surface area contributed by atoms with E-state index in [1.165, 1.54) is 38.8 Å². The second kappa shape index (κ2) is 7.42. The Morgan fingerprint density at radius 3 is 2.19 bits per heavy atom. The topological polar surface area (TPSA) is 15.3 Å². The molecule has 1 atom stereocenters. The summed E-state index contributed by atoms with van der Waals surface area (Å²) < 4.78 is 0. The van der Waals surface area contributed by atoms with Crippen molar-refractivity contribution in [3.8, 4) is 0 Å². The van der Waals surface area contributed by atoms with E-state index < -0.39 is 0 Å². The number of hydrogen-bond acceptors (Lipinski definition) is 2. The summed E-state index contributed by atoms with van der Waals surface area (Å²) >= 11 is 0. The molecule has 1 aliphatic heterocycles. The Labute approximate surface area is 130 Å². The molecule has 0 saturated carbocycles. The lowest BCUT2D eigenvalue weighted by Gasteiger charge is -2.28. The van der Waals surface area contributed by atoms with Crippen LogP contribution in [0.5, 0.6) is 0 Å². The highest BCUT2D eigenvalue weighted by Crippen LogP contribution is 2.18. The molecule has 0 aromatic heterocycles. The minimum atomic E-state index is 0.244. The largest absolute Gasteiger partial charge is 0.312 e. The lowest BCUT2D eigenvalue weighted by atomic mass is 10.0. The average molecular weight is 288 g/mol. The average Bonchev–Trinajstić information content (AvgIpc) is 2.65. The molecule has 0 amide bonds. The summed E-state index contributed by atoms with van der Waals surface area (Å²) in [7, 11) is 0. The molecule has 2 heteroatoms. The van der Waals surface area contributed by atoms with Gasteiger partial charge in [0.25, 0.3) is 0 Å². The fraction of sp³-hybridized carbons (Fsp3) is 0.684. The maximum atomic E-state index is 3.59. The highest BCUT2D eigenvalue weighted by molar-refractivity contribution is 5.28. The van der Waals surface area contributed by atoms with Crippen molar-refractivity contribution in [2.45, 2.75) is 65.0 Å². The molecule has 1 aromatic carbocycles. The lowest BCUT2D eigenvalue weighted by molar-refractivity contribution is 0.205. The van der Waals surface area contributed by atoms with Crippen molar-refractivity contribution in [3.05, 3.63) is 35.4 Å². The summed E-state index contributed by atoms with van der Waals surface area (Å²) in [5, 5.41) is 3.59. The van der Waals surface area contributed by atoms with Gasteiger partial charge in [-0.2, -0.15) is 0 Å². The fourth-order valence-electron chi connectivity index (χ4n) is 3.17. The Morgan fingerprint density at radius 2 is 1.67 bits per heavy atom. The third kappa shape index (κ3) is 5.44. The molecule has 1 heterocycles. The van der Waals surface area contributed by atoms with Gasteiger partial charge in [-0.3, -0.25) is 0 Å². The van der Waals surface area contributed by atoms with Crippen molar-refractivity contribution >= 4 is 0 Å². The Kier molecular flexibility index (Phi) is 5.83. The van der Waals surface area contributed by atoms with E-state index >= 15 is 0 Å². The Bertz CT molecular complexity index is 406. The van der Waals surface area contributed by atoms with Crippen LogP contribution in [0.1, 0.15) is 51.7 Å². The van der Waals surface area contributed by atoms with Crippen LogP contribution in [0.15, 0.2) is 24.3 Å². The molecule has 0 radical (unpaired) electrons. The zero-order valence-corrected chi connectivity index (χ0v) is 14.3. The summed E-state index contributed by atoms with van der Waals surface area (Å²) in [5.41, 5.74) is 3.36. The van der Waals surface area contributed by atoms with Crippen molar-refractivity contribution in [2.24, 2.45) is 0 Å². The minimum Gasteiger partial charge on any atom is -0.312 e. The van der Waals surface area contributed by atoms with Crippen LogP contribution in [0.4, 0.5) is 0 Å². The molecule has 0 saturated heterocycles. The van der Waals surface area contributed by atoms with E-state index in [0.717, 1.165) is 6.54 Å². The predicted molar refractivity (Wildman–Crippen MR) is 91.9 cm³/mol. The van der Waals surface area contributed by atoms with Gasteiger partial charge in [-0.15, -0.1) is 0 Å². The first-order chi connectivity index (χ1) is 9.96. The Morgan fingerprint density at radius 1 is 1.10 bits per heavy atom. The molecule has 1 N–H and O–H groups in total. The standard InChI is InChI=1S/C19H32N2/c1-16(8-7-13-20-19(2,3)4)21-14-11-17-9-5-6-10-18(17)12-15-21/h5-6,9-10,16,20H,7-8,11-15H2,1-4H3. The third-order valence-electron chi connectivity index (χ3n) is 4.53. The van der Waals surface area contributed by atoms with E-state index in [0.29, 0.717) is 6.04 Å². The van der Waals surface area contributed by atoms with Crippen LogP contribution in [0.25, 0.3) is 0 Å². The van der Waals surface area contributed by atoms with E-state index in [1.807, 2.05) is 0 Å². The van der Waals surface area contributed by atoms with Gasteiger partial charge in [0.1, 0.15) is 0 Å². The molecule has 0 spiro atoms.